The summed E-state index contributed by atoms with van der Waals surface area (Å²) in [5.41, 5.74) is 2.71. The van der Waals surface area contributed by atoms with E-state index in [9.17, 15) is 0 Å². The Bertz CT molecular complexity index is 585. The fourth-order valence-corrected chi connectivity index (χ4v) is 4.36. The average Bonchev–Trinajstić information content (AvgIpc) is 3.05. The van der Waals surface area contributed by atoms with Crippen LogP contribution in [0, 0.1) is 0 Å². The number of nitrogens with one attached hydrogen (secondary N) is 1. The summed E-state index contributed by atoms with van der Waals surface area (Å²) in [5, 5.41) is 5.60. The quantitative estimate of drug-likeness (QED) is 0.446. The van der Waals surface area contributed by atoms with Gasteiger partial charge >= 0.3 is 5.17 Å². The van der Waals surface area contributed by atoms with Gasteiger partial charge in [-0.05, 0) is 22.9 Å². The lowest BCUT2D eigenvalue weighted by molar-refractivity contribution is -0.559. The third kappa shape index (κ3) is 4.26. The second kappa shape index (κ2) is 8.02. The van der Waals surface area contributed by atoms with Crippen molar-refractivity contribution in [2.24, 2.45) is 0 Å². The van der Waals surface area contributed by atoms with Gasteiger partial charge in [-0.2, -0.15) is 0 Å². The van der Waals surface area contributed by atoms with Gasteiger partial charge in [0, 0.05) is 4.43 Å². The average molecular weight is 423 g/mol. The van der Waals surface area contributed by atoms with Gasteiger partial charge in [-0.25, -0.2) is 4.58 Å². The summed E-state index contributed by atoms with van der Waals surface area (Å²) in [7, 11) is 0. The first-order chi connectivity index (χ1) is 10.8. The van der Waals surface area contributed by atoms with Crippen molar-refractivity contribution in [3.8, 4) is 0 Å². The van der Waals surface area contributed by atoms with Gasteiger partial charge in [-0.1, -0.05) is 83.3 Å². The molecule has 2 aromatic carbocycles. The van der Waals surface area contributed by atoms with Crippen LogP contribution in [0.25, 0.3) is 0 Å². The van der Waals surface area contributed by atoms with Crippen LogP contribution in [0.3, 0.4) is 0 Å². The summed E-state index contributed by atoms with van der Waals surface area (Å²) in [6, 6.07) is 21.4. The second-order valence-electron chi connectivity index (χ2n) is 5.41. The molecule has 4 heteroatoms. The van der Waals surface area contributed by atoms with E-state index in [-0.39, 0.29) is 0 Å². The van der Waals surface area contributed by atoms with Crippen LogP contribution < -0.4 is 5.32 Å². The Morgan fingerprint density at radius 2 is 1.50 bits per heavy atom. The van der Waals surface area contributed by atoms with E-state index in [0.29, 0.717) is 5.25 Å². The van der Waals surface area contributed by atoms with Crippen molar-refractivity contribution in [2.45, 2.75) is 18.3 Å². The number of thioether (sulfide) groups is 1. The molecule has 0 amide bonds. The molecule has 1 saturated heterocycles. The van der Waals surface area contributed by atoms with Crippen molar-refractivity contribution in [2.75, 3.05) is 11.0 Å². The fraction of sp³-hybridized carbons (Fsp3) is 0.278. The zero-order valence-electron chi connectivity index (χ0n) is 12.4. The predicted octanol–water partition coefficient (Wildman–Crippen LogP) is 3.90. The number of hydrogen-bond donors (Lipinski definition) is 1. The van der Waals surface area contributed by atoms with Gasteiger partial charge in [0.25, 0.3) is 0 Å². The molecule has 1 atom stereocenters. The maximum Gasteiger partial charge on any atom is 0.307 e. The molecule has 2 nitrogen and oxygen atoms in total. The monoisotopic (exact) mass is 423 g/mol. The predicted molar refractivity (Wildman–Crippen MR) is 104 cm³/mol. The van der Waals surface area contributed by atoms with Gasteiger partial charge in [0.05, 0.1) is 11.8 Å². The number of rotatable bonds is 5. The Morgan fingerprint density at radius 3 is 1.95 bits per heavy atom. The Balaban J connectivity index is 1.84. The molecular weight excluding hydrogens is 403 g/mol. The summed E-state index contributed by atoms with van der Waals surface area (Å²) in [6.45, 7) is 2.96. The van der Waals surface area contributed by atoms with Crippen LogP contribution in [-0.2, 0) is 13.1 Å². The number of hydrogen-bond acceptors (Lipinski definition) is 1. The lowest BCUT2D eigenvalue weighted by Gasteiger charge is -2.10. The van der Waals surface area contributed by atoms with E-state index in [1.165, 1.54) is 20.7 Å². The Morgan fingerprint density at radius 1 is 0.955 bits per heavy atom. The molecule has 0 bridgehead atoms. The highest BCUT2D eigenvalue weighted by atomic mass is 127. The molecule has 0 spiro atoms. The first-order valence-electron chi connectivity index (χ1n) is 7.51. The number of halogens is 1. The number of nitrogens with zero attached hydrogens (tertiary/aromatic N) is 1. The molecular formula is C18H20IN2S+. The van der Waals surface area contributed by atoms with E-state index >= 15 is 0 Å². The van der Waals surface area contributed by atoms with Gasteiger partial charge < -0.3 is 0 Å². The second-order valence-corrected chi connectivity index (χ2v) is 7.58. The molecule has 1 unspecified atom stereocenters. The molecule has 2 aromatic rings. The Kier molecular flexibility index (Phi) is 5.78. The smallest absolute Gasteiger partial charge is 0.268 e. The van der Waals surface area contributed by atoms with Crippen molar-refractivity contribution >= 4 is 39.5 Å². The van der Waals surface area contributed by atoms with Crippen LogP contribution in [-0.4, -0.2) is 26.0 Å². The van der Waals surface area contributed by atoms with E-state index in [1.54, 1.807) is 0 Å². The van der Waals surface area contributed by atoms with Crippen LogP contribution >= 0.6 is 34.4 Å². The SMILES string of the molecule is ICC1CNC(=[N+](Cc2ccccc2)Cc2ccccc2)S1. The minimum atomic E-state index is 0.685. The highest BCUT2D eigenvalue weighted by molar-refractivity contribution is 14.1. The molecule has 1 N–H and O–H groups in total. The molecule has 3 rings (SSSR count). The molecule has 1 heterocycles. The van der Waals surface area contributed by atoms with Crippen molar-refractivity contribution in [1.82, 2.24) is 5.32 Å². The summed E-state index contributed by atoms with van der Waals surface area (Å²) in [6.07, 6.45) is 0. The maximum atomic E-state index is 3.60. The van der Waals surface area contributed by atoms with Crippen molar-refractivity contribution in [1.29, 1.82) is 0 Å². The summed E-state index contributed by atoms with van der Waals surface area (Å²) in [5.74, 6) is 0. The molecule has 22 heavy (non-hydrogen) atoms. The number of amidine groups is 1. The van der Waals surface area contributed by atoms with Crippen molar-refractivity contribution in [3.05, 3.63) is 71.8 Å². The highest BCUT2D eigenvalue weighted by Gasteiger charge is 2.28. The zero-order valence-corrected chi connectivity index (χ0v) is 15.4. The topological polar surface area (TPSA) is 15.0 Å². The van der Waals surface area contributed by atoms with Crippen LogP contribution in [0.4, 0.5) is 0 Å². The van der Waals surface area contributed by atoms with Crippen LogP contribution in [0.1, 0.15) is 11.1 Å². The highest BCUT2D eigenvalue weighted by Crippen LogP contribution is 2.21. The molecule has 0 radical (unpaired) electrons. The van der Waals surface area contributed by atoms with Gasteiger partial charge in [-0.15, -0.1) is 0 Å². The van der Waals surface area contributed by atoms with E-state index in [4.69, 9.17) is 0 Å². The third-order valence-electron chi connectivity index (χ3n) is 3.65. The van der Waals surface area contributed by atoms with Gasteiger partial charge in [-0.3, -0.25) is 5.32 Å². The van der Waals surface area contributed by atoms with E-state index in [0.717, 1.165) is 19.6 Å². The Hall–Kier alpha value is -1.01. The molecule has 0 aliphatic carbocycles. The first-order valence-corrected chi connectivity index (χ1v) is 9.92. The third-order valence-corrected chi connectivity index (χ3v) is 6.60. The zero-order chi connectivity index (χ0) is 15.2. The maximum absolute atomic E-state index is 3.60. The molecule has 0 saturated carbocycles. The van der Waals surface area contributed by atoms with Crippen LogP contribution in [0.15, 0.2) is 60.7 Å². The standard InChI is InChI=1S/C18H19IN2S/c19-11-17-12-20-18(22-17)21(13-15-7-3-1-4-8-15)14-16-9-5-2-6-10-16/h1-10,17H,11-14H2/p+1. The van der Waals surface area contributed by atoms with Crippen molar-refractivity contribution in [3.63, 3.8) is 0 Å². The molecule has 1 aliphatic rings. The molecule has 1 aliphatic heterocycles. The van der Waals surface area contributed by atoms with Crippen LogP contribution in [0.2, 0.25) is 0 Å². The Labute approximate surface area is 150 Å². The summed E-state index contributed by atoms with van der Waals surface area (Å²) < 4.78 is 3.64. The normalized spacial score (nSPS) is 17.3. The fourth-order valence-electron chi connectivity index (χ4n) is 2.52. The molecule has 0 aromatic heterocycles. The van der Waals surface area contributed by atoms with Crippen molar-refractivity contribution < 1.29 is 4.58 Å². The van der Waals surface area contributed by atoms with Crippen LogP contribution in [0.5, 0.6) is 0 Å². The van der Waals surface area contributed by atoms with E-state index < -0.39 is 0 Å². The van der Waals surface area contributed by atoms with Gasteiger partial charge in [0.1, 0.15) is 13.1 Å². The van der Waals surface area contributed by atoms with E-state index in [2.05, 4.69) is 93.1 Å². The molecule has 1 fully saturated rings. The van der Waals surface area contributed by atoms with Gasteiger partial charge in [0.2, 0.25) is 0 Å². The first kappa shape index (κ1) is 15.9. The van der Waals surface area contributed by atoms with Gasteiger partial charge in [0.15, 0.2) is 0 Å². The summed E-state index contributed by atoms with van der Waals surface area (Å²) >= 11 is 4.46. The largest absolute Gasteiger partial charge is 0.307 e. The molecule has 114 valence electrons. The lowest BCUT2D eigenvalue weighted by atomic mass is 10.2. The number of alkyl halides is 1. The van der Waals surface area contributed by atoms with E-state index in [1.807, 2.05) is 11.8 Å². The number of benzene rings is 2. The minimum absolute atomic E-state index is 0.685. The minimum Gasteiger partial charge on any atom is -0.268 e. The lowest BCUT2D eigenvalue weighted by Crippen LogP contribution is -2.27. The summed E-state index contributed by atoms with van der Waals surface area (Å²) in [4.78, 5) is 0.